The number of nitrogens with zero attached hydrogens (tertiary/aromatic N) is 3. The second-order valence-electron chi connectivity index (χ2n) is 7.10. The summed E-state index contributed by atoms with van der Waals surface area (Å²) >= 11 is 0. The van der Waals surface area contributed by atoms with Crippen LogP contribution in [0.3, 0.4) is 0 Å². The Hall–Kier alpha value is -2.60. The Balaban J connectivity index is 1.59. The van der Waals surface area contributed by atoms with E-state index in [1.54, 1.807) is 6.07 Å². The first kappa shape index (κ1) is 17.8. The summed E-state index contributed by atoms with van der Waals surface area (Å²) < 4.78 is 19.0. The highest BCUT2D eigenvalue weighted by molar-refractivity contribution is 6.03. The van der Waals surface area contributed by atoms with Crippen molar-refractivity contribution in [1.29, 1.82) is 0 Å². The predicted octanol–water partition coefficient (Wildman–Crippen LogP) is 3.36. The van der Waals surface area contributed by atoms with Gasteiger partial charge < -0.3 is 19.9 Å². The number of hydrogen-bond acceptors (Lipinski definition) is 5. The first-order chi connectivity index (χ1) is 13.1. The number of hydrogen-bond donors (Lipinski definition) is 1. The van der Waals surface area contributed by atoms with Crippen molar-refractivity contribution in [1.82, 2.24) is 9.80 Å². The molecule has 1 unspecified atom stereocenters. The maximum Gasteiger partial charge on any atom is 0.140 e. The average molecular weight is 368 g/mol. The third-order valence-corrected chi connectivity index (χ3v) is 4.97. The standard InChI is InChI=1S/C21H25FN4O/c1-15-12-19(16(2)23-18-5-3-4-17(22)13-18)21-24-20(6-7-26(21)14-15)25-8-10-27-11-9-25/h3-6,12-14,16,23H,7-11H2,1-2H3. The topological polar surface area (TPSA) is 40.1 Å². The van der Waals surface area contributed by atoms with Gasteiger partial charge >= 0.3 is 0 Å². The molecule has 142 valence electrons. The molecule has 1 fully saturated rings. The lowest BCUT2D eigenvalue weighted by Gasteiger charge is -2.36. The van der Waals surface area contributed by atoms with Gasteiger partial charge in [0.2, 0.25) is 0 Å². The van der Waals surface area contributed by atoms with Crippen molar-refractivity contribution in [2.45, 2.75) is 19.9 Å². The zero-order valence-electron chi connectivity index (χ0n) is 15.8. The van der Waals surface area contributed by atoms with Gasteiger partial charge in [-0.15, -0.1) is 0 Å². The molecule has 0 spiro atoms. The highest BCUT2D eigenvalue weighted by Gasteiger charge is 2.27. The molecule has 1 aromatic carbocycles. The number of aliphatic imine (C=N–C) groups is 1. The van der Waals surface area contributed by atoms with Gasteiger partial charge in [0.25, 0.3) is 0 Å². The molecule has 0 saturated carbocycles. The minimum atomic E-state index is -0.241. The molecule has 3 aliphatic rings. The Bertz CT molecular complexity index is 836. The highest BCUT2D eigenvalue weighted by atomic mass is 19.1. The second-order valence-corrected chi connectivity index (χ2v) is 7.10. The number of fused-ring (bicyclic) bond motifs is 1. The van der Waals surface area contributed by atoms with Crippen LogP contribution in [0.15, 0.2) is 64.6 Å². The smallest absolute Gasteiger partial charge is 0.140 e. The van der Waals surface area contributed by atoms with Gasteiger partial charge in [-0.2, -0.15) is 0 Å². The molecule has 4 rings (SSSR count). The fourth-order valence-electron chi connectivity index (χ4n) is 3.64. The van der Waals surface area contributed by atoms with Crippen LogP contribution in [0, 0.1) is 5.82 Å². The number of halogens is 1. The Morgan fingerprint density at radius 2 is 2.07 bits per heavy atom. The molecule has 1 N–H and O–H groups in total. The fourth-order valence-corrected chi connectivity index (χ4v) is 3.64. The number of benzene rings is 1. The van der Waals surface area contributed by atoms with Crippen LogP contribution in [-0.2, 0) is 4.74 Å². The van der Waals surface area contributed by atoms with E-state index in [2.05, 4.69) is 47.3 Å². The summed E-state index contributed by atoms with van der Waals surface area (Å²) in [5, 5.41) is 3.40. The van der Waals surface area contributed by atoms with Gasteiger partial charge in [0, 0.05) is 37.1 Å². The number of rotatable bonds is 4. The number of morpholine rings is 1. The lowest BCUT2D eigenvalue weighted by atomic mass is 9.99. The van der Waals surface area contributed by atoms with E-state index in [1.165, 1.54) is 17.7 Å². The van der Waals surface area contributed by atoms with E-state index in [9.17, 15) is 4.39 Å². The Morgan fingerprint density at radius 1 is 1.26 bits per heavy atom. The number of anilines is 1. The van der Waals surface area contributed by atoms with E-state index < -0.39 is 0 Å². The molecule has 6 heteroatoms. The van der Waals surface area contributed by atoms with Gasteiger partial charge in [0.15, 0.2) is 0 Å². The summed E-state index contributed by atoms with van der Waals surface area (Å²) in [6.07, 6.45) is 6.46. The molecule has 3 aliphatic heterocycles. The molecule has 0 aliphatic carbocycles. The van der Waals surface area contributed by atoms with Crippen LogP contribution in [0.25, 0.3) is 0 Å². The first-order valence-corrected chi connectivity index (χ1v) is 9.41. The van der Waals surface area contributed by atoms with E-state index >= 15 is 0 Å². The maximum absolute atomic E-state index is 13.5. The summed E-state index contributed by atoms with van der Waals surface area (Å²) in [5.74, 6) is 1.73. The van der Waals surface area contributed by atoms with Gasteiger partial charge in [-0.05, 0) is 49.8 Å². The van der Waals surface area contributed by atoms with E-state index in [0.29, 0.717) is 0 Å². The number of nitrogens with one attached hydrogen (secondary N) is 1. The third kappa shape index (κ3) is 3.90. The van der Waals surface area contributed by atoms with Crippen LogP contribution in [0.1, 0.15) is 13.8 Å². The van der Waals surface area contributed by atoms with E-state index in [4.69, 9.17) is 9.73 Å². The first-order valence-electron chi connectivity index (χ1n) is 9.41. The Morgan fingerprint density at radius 3 is 2.85 bits per heavy atom. The van der Waals surface area contributed by atoms with Crippen LogP contribution in [0.5, 0.6) is 0 Å². The van der Waals surface area contributed by atoms with E-state index in [0.717, 1.165) is 55.8 Å². The predicted molar refractivity (Wildman–Crippen MR) is 106 cm³/mol. The van der Waals surface area contributed by atoms with Crippen molar-refractivity contribution < 1.29 is 9.13 Å². The molecule has 0 amide bonds. The van der Waals surface area contributed by atoms with E-state index in [-0.39, 0.29) is 11.9 Å². The van der Waals surface area contributed by atoms with Crippen molar-refractivity contribution in [2.75, 3.05) is 38.2 Å². The molecule has 0 radical (unpaired) electrons. The molecule has 3 heterocycles. The molecular formula is C21H25FN4O. The van der Waals surface area contributed by atoms with Gasteiger partial charge in [-0.1, -0.05) is 6.07 Å². The van der Waals surface area contributed by atoms with Gasteiger partial charge in [0.05, 0.1) is 19.3 Å². The van der Waals surface area contributed by atoms with Crippen molar-refractivity contribution in [2.24, 2.45) is 4.99 Å². The normalized spacial score (nSPS) is 20.9. The quantitative estimate of drug-likeness (QED) is 0.885. The van der Waals surface area contributed by atoms with Crippen LogP contribution in [0.2, 0.25) is 0 Å². The molecule has 0 bridgehead atoms. The van der Waals surface area contributed by atoms with Crippen molar-refractivity contribution >= 4 is 11.5 Å². The maximum atomic E-state index is 13.5. The summed E-state index contributed by atoms with van der Waals surface area (Å²) in [6.45, 7) is 8.19. The molecular weight excluding hydrogens is 343 g/mol. The van der Waals surface area contributed by atoms with Gasteiger partial charge in [0.1, 0.15) is 17.5 Å². The van der Waals surface area contributed by atoms with Gasteiger partial charge in [-0.3, -0.25) is 0 Å². The average Bonchev–Trinajstić information content (AvgIpc) is 2.67. The lowest BCUT2D eigenvalue weighted by Crippen LogP contribution is -2.41. The number of amidine groups is 1. The summed E-state index contributed by atoms with van der Waals surface area (Å²) in [4.78, 5) is 9.43. The summed E-state index contributed by atoms with van der Waals surface area (Å²) in [6, 6.07) is 6.57. The molecule has 1 atom stereocenters. The van der Waals surface area contributed by atoms with Crippen LogP contribution >= 0.6 is 0 Å². The molecule has 5 nitrogen and oxygen atoms in total. The van der Waals surface area contributed by atoms with Crippen LogP contribution in [-0.4, -0.2) is 54.5 Å². The third-order valence-electron chi connectivity index (χ3n) is 4.97. The van der Waals surface area contributed by atoms with Crippen molar-refractivity contribution in [3.8, 4) is 0 Å². The fraction of sp³-hybridized carbons (Fsp3) is 0.381. The lowest BCUT2D eigenvalue weighted by molar-refractivity contribution is 0.0527. The minimum Gasteiger partial charge on any atom is -0.378 e. The number of ether oxygens (including phenoxy) is 1. The van der Waals surface area contributed by atoms with Crippen molar-refractivity contribution in [3.05, 3.63) is 65.4 Å². The Labute approximate surface area is 159 Å². The zero-order chi connectivity index (χ0) is 18.8. The number of allylic oxidation sites excluding steroid dienone is 2. The van der Waals surface area contributed by atoms with Crippen LogP contribution in [0.4, 0.5) is 10.1 Å². The van der Waals surface area contributed by atoms with E-state index in [1.807, 2.05) is 6.07 Å². The molecule has 27 heavy (non-hydrogen) atoms. The zero-order valence-corrected chi connectivity index (χ0v) is 15.8. The molecule has 1 aromatic rings. The van der Waals surface area contributed by atoms with Crippen LogP contribution < -0.4 is 5.32 Å². The monoisotopic (exact) mass is 368 g/mol. The minimum absolute atomic E-state index is 0.000684. The van der Waals surface area contributed by atoms with Crippen molar-refractivity contribution in [3.63, 3.8) is 0 Å². The largest absolute Gasteiger partial charge is 0.378 e. The highest BCUT2D eigenvalue weighted by Crippen LogP contribution is 2.26. The van der Waals surface area contributed by atoms with Gasteiger partial charge in [-0.25, -0.2) is 9.38 Å². The summed E-state index contributed by atoms with van der Waals surface area (Å²) in [7, 11) is 0. The SMILES string of the molecule is CC1=CN2CC=C(N3CCOCC3)N=C2C(C(C)Nc2cccc(F)c2)=C1. The summed E-state index contributed by atoms with van der Waals surface area (Å²) in [5.41, 5.74) is 3.06. The second kappa shape index (κ2) is 7.56. The molecule has 0 aromatic heterocycles. The molecule has 1 saturated heterocycles. The Kier molecular flexibility index (Phi) is 4.99.